The zero-order valence-corrected chi connectivity index (χ0v) is 20.5. The maximum atomic E-state index is 10.9. The Hall–Kier alpha value is -0.600. The molecule has 0 aromatic rings. The number of fused-ring (bicyclic) bond motifs is 5. The highest BCUT2D eigenvalue weighted by Crippen LogP contribution is 2.65. The molecule has 4 aliphatic rings. The summed E-state index contributed by atoms with van der Waals surface area (Å²) in [6, 6.07) is 0. The van der Waals surface area contributed by atoms with Gasteiger partial charge < -0.3 is 10.2 Å². The van der Waals surface area contributed by atoms with Gasteiger partial charge in [-0.05, 0) is 118 Å². The van der Waals surface area contributed by atoms with E-state index in [1.807, 2.05) is 0 Å². The van der Waals surface area contributed by atoms with Gasteiger partial charge in [-0.2, -0.15) is 0 Å². The van der Waals surface area contributed by atoms with Crippen molar-refractivity contribution < 1.29 is 10.2 Å². The maximum Gasteiger partial charge on any atom is 0.0682 e. The number of hydrogen-bond donors (Lipinski definition) is 2. The molecule has 0 aromatic heterocycles. The zero-order valence-electron chi connectivity index (χ0n) is 20.5. The van der Waals surface area contributed by atoms with Crippen LogP contribution in [0.2, 0.25) is 0 Å². The molecule has 0 radical (unpaired) electrons. The molecule has 0 unspecified atom stereocenters. The molecule has 0 aromatic carbocycles. The van der Waals surface area contributed by atoms with E-state index >= 15 is 0 Å². The third kappa shape index (κ3) is 4.33. The highest BCUT2D eigenvalue weighted by atomic mass is 16.3. The second kappa shape index (κ2) is 9.34. The van der Waals surface area contributed by atoms with Crippen molar-refractivity contribution in [1.29, 1.82) is 0 Å². The van der Waals surface area contributed by atoms with Crippen LogP contribution in [-0.2, 0) is 0 Å². The van der Waals surface area contributed by atoms with Crippen molar-refractivity contribution in [2.24, 2.45) is 40.9 Å². The monoisotopic (exact) mass is 428 g/mol. The molecule has 2 N–H and O–H groups in total. The predicted molar refractivity (Wildman–Crippen MR) is 130 cm³/mol. The first kappa shape index (κ1) is 23.6. The molecule has 31 heavy (non-hydrogen) atoms. The van der Waals surface area contributed by atoms with Gasteiger partial charge in [0.2, 0.25) is 0 Å². The fourth-order valence-corrected chi connectivity index (χ4v) is 8.69. The number of aliphatic hydroxyl groups is 2. The van der Waals surface area contributed by atoms with Gasteiger partial charge >= 0.3 is 0 Å². The molecule has 4 aliphatic carbocycles. The van der Waals surface area contributed by atoms with E-state index in [9.17, 15) is 10.2 Å². The first-order chi connectivity index (χ1) is 14.8. The van der Waals surface area contributed by atoms with E-state index in [0.29, 0.717) is 11.3 Å². The Morgan fingerprint density at radius 1 is 1.13 bits per heavy atom. The third-order valence-electron chi connectivity index (χ3n) is 10.7. The van der Waals surface area contributed by atoms with Crippen LogP contribution >= 0.6 is 0 Å². The molecular formula is C29H48O2. The summed E-state index contributed by atoms with van der Waals surface area (Å²) in [7, 11) is 0. The molecule has 0 aliphatic heterocycles. The lowest BCUT2D eigenvalue weighted by atomic mass is 9.50. The average Bonchev–Trinajstić information content (AvgIpc) is 3.13. The molecule has 2 nitrogen and oxygen atoms in total. The average molecular weight is 429 g/mol. The minimum absolute atomic E-state index is 0.128. The summed E-state index contributed by atoms with van der Waals surface area (Å²) in [6.45, 7) is 11.1. The van der Waals surface area contributed by atoms with Crippen LogP contribution in [-0.4, -0.2) is 21.9 Å². The van der Waals surface area contributed by atoms with Gasteiger partial charge in [-0.3, -0.25) is 0 Å². The van der Waals surface area contributed by atoms with E-state index in [1.165, 1.54) is 44.9 Å². The van der Waals surface area contributed by atoms with Crippen molar-refractivity contribution in [2.45, 2.75) is 116 Å². The largest absolute Gasteiger partial charge is 0.393 e. The molecule has 0 bridgehead atoms. The van der Waals surface area contributed by atoms with Crippen LogP contribution in [0.3, 0.4) is 0 Å². The minimum Gasteiger partial charge on any atom is -0.393 e. The van der Waals surface area contributed by atoms with Gasteiger partial charge in [-0.25, -0.2) is 0 Å². The van der Waals surface area contributed by atoms with Crippen LogP contribution in [0, 0.1) is 40.9 Å². The smallest absolute Gasteiger partial charge is 0.0682 e. The van der Waals surface area contributed by atoms with Crippen molar-refractivity contribution in [1.82, 2.24) is 0 Å². The second-order valence-electron chi connectivity index (χ2n) is 12.0. The van der Waals surface area contributed by atoms with Crippen molar-refractivity contribution in [2.75, 3.05) is 0 Å². The van der Waals surface area contributed by atoms with Crippen LogP contribution in [0.15, 0.2) is 24.3 Å². The SMILES string of the molecule is C=C[C@H](CCC[C@H](O)CC)[C@H]1CC[C@H]2[C@@H]3CC=C4C[C@](O)(CC)CC[C@@H]4[C@H]3CC[C@]12C. The second-order valence-corrected chi connectivity index (χ2v) is 12.0. The summed E-state index contributed by atoms with van der Waals surface area (Å²) in [5, 5.41) is 20.9. The Kier molecular flexibility index (Phi) is 7.09. The molecule has 0 saturated heterocycles. The van der Waals surface area contributed by atoms with Crippen LogP contribution in [0.4, 0.5) is 0 Å². The standard InChI is InChI=1S/C29H48O2/c1-5-20(9-8-10-22(30)6-2)26-13-14-27-25-12-11-21-19-29(31,7-3)18-16-23(21)24(25)15-17-28(26,27)4/h5,11,20,22-27,30-31H,1,6-10,12-19H2,2-4H3/t20-,22-,23+,24-,25-,26-,27+,28-,29+/m1/s1. The van der Waals surface area contributed by atoms with Gasteiger partial charge in [0.25, 0.3) is 0 Å². The third-order valence-corrected chi connectivity index (χ3v) is 10.7. The Labute approximate surface area is 191 Å². The topological polar surface area (TPSA) is 40.5 Å². The predicted octanol–water partition coefficient (Wildman–Crippen LogP) is 7.06. The normalized spacial score (nSPS) is 43.9. The van der Waals surface area contributed by atoms with Gasteiger partial charge in [0, 0.05) is 0 Å². The lowest BCUT2D eigenvalue weighted by molar-refractivity contribution is -0.0445. The zero-order chi connectivity index (χ0) is 22.2. The van der Waals surface area contributed by atoms with Gasteiger partial charge in [0.1, 0.15) is 0 Å². The lowest BCUT2D eigenvalue weighted by Gasteiger charge is -2.55. The summed E-state index contributed by atoms with van der Waals surface area (Å²) >= 11 is 0. The van der Waals surface area contributed by atoms with Crippen LogP contribution in [0.25, 0.3) is 0 Å². The number of allylic oxidation sites excluding steroid dienone is 2. The first-order valence-electron chi connectivity index (χ1n) is 13.6. The van der Waals surface area contributed by atoms with E-state index in [2.05, 4.69) is 39.5 Å². The van der Waals surface area contributed by atoms with Crippen molar-refractivity contribution in [3.63, 3.8) is 0 Å². The molecule has 4 rings (SSSR count). The highest BCUT2D eigenvalue weighted by molar-refractivity contribution is 5.22. The van der Waals surface area contributed by atoms with E-state index in [-0.39, 0.29) is 6.10 Å². The Morgan fingerprint density at radius 3 is 2.65 bits per heavy atom. The lowest BCUT2D eigenvalue weighted by Crippen LogP contribution is -2.48. The van der Waals surface area contributed by atoms with Crippen LogP contribution in [0.5, 0.6) is 0 Å². The molecular weight excluding hydrogens is 380 g/mol. The van der Waals surface area contributed by atoms with Crippen molar-refractivity contribution >= 4 is 0 Å². The van der Waals surface area contributed by atoms with Crippen molar-refractivity contribution in [3.05, 3.63) is 24.3 Å². The van der Waals surface area contributed by atoms with E-state index in [1.54, 1.807) is 5.57 Å². The van der Waals surface area contributed by atoms with Gasteiger partial charge in [-0.15, -0.1) is 6.58 Å². The fraction of sp³-hybridized carbons (Fsp3) is 0.862. The molecule has 0 spiro atoms. The Bertz CT molecular complexity index is 668. The summed E-state index contributed by atoms with van der Waals surface area (Å²) in [5.41, 5.74) is 1.64. The first-order valence-corrected chi connectivity index (χ1v) is 13.6. The van der Waals surface area contributed by atoms with Gasteiger partial charge in [-0.1, -0.05) is 44.9 Å². The molecule has 176 valence electrons. The van der Waals surface area contributed by atoms with E-state index < -0.39 is 5.60 Å². The van der Waals surface area contributed by atoms with Crippen molar-refractivity contribution in [3.8, 4) is 0 Å². The Balaban J connectivity index is 1.45. The van der Waals surface area contributed by atoms with E-state index in [4.69, 9.17) is 0 Å². The quantitative estimate of drug-likeness (QED) is 0.406. The summed E-state index contributed by atoms with van der Waals surface area (Å²) in [4.78, 5) is 0. The minimum atomic E-state index is -0.431. The molecule has 2 heteroatoms. The van der Waals surface area contributed by atoms with Gasteiger partial charge in [0.05, 0.1) is 11.7 Å². The number of aliphatic hydroxyl groups excluding tert-OH is 1. The van der Waals surface area contributed by atoms with E-state index in [0.717, 1.165) is 68.1 Å². The summed E-state index contributed by atoms with van der Waals surface area (Å²) in [6.07, 6.45) is 19.7. The fourth-order valence-electron chi connectivity index (χ4n) is 8.69. The van der Waals surface area contributed by atoms with Crippen LogP contribution < -0.4 is 0 Å². The highest BCUT2D eigenvalue weighted by Gasteiger charge is 2.57. The maximum absolute atomic E-state index is 10.9. The van der Waals surface area contributed by atoms with Crippen LogP contribution in [0.1, 0.15) is 104 Å². The van der Waals surface area contributed by atoms with Gasteiger partial charge in [0.15, 0.2) is 0 Å². The molecule has 0 heterocycles. The number of rotatable bonds is 8. The Morgan fingerprint density at radius 2 is 1.94 bits per heavy atom. The summed E-state index contributed by atoms with van der Waals surface area (Å²) < 4.78 is 0. The summed E-state index contributed by atoms with van der Waals surface area (Å²) in [5.74, 6) is 4.72. The molecule has 0 amide bonds. The number of hydrogen-bond acceptors (Lipinski definition) is 2. The molecule has 3 fully saturated rings. The molecule has 9 atom stereocenters. The molecule has 3 saturated carbocycles.